The van der Waals surface area contributed by atoms with Gasteiger partial charge in [-0.1, -0.05) is 0 Å². The lowest BCUT2D eigenvalue weighted by Gasteiger charge is -2.02. The number of amides is 2. The summed E-state index contributed by atoms with van der Waals surface area (Å²) < 4.78 is 9.91. The molecule has 7 heteroatoms. The molecule has 2 heterocycles. The molecule has 2 aromatic heterocycles. The summed E-state index contributed by atoms with van der Waals surface area (Å²) in [5, 5.41) is 4.98. The molecule has 2 amide bonds. The van der Waals surface area contributed by atoms with Gasteiger partial charge in [0, 0.05) is 0 Å². The highest BCUT2D eigenvalue weighted by atomic mass is 16.4. The molecule has 0 bridgehead atoms. The molecule has 16 heavy (non-hydrogen) atoms. The van der Waals surface area contributed by atoms with Gasteiger partial charge in [0.1, 0.15) is 11.4 Å². The van der Waals surface area contributed by atoms with E-state index in [1.165, 1.54) is 12.8 Å². The predicted octanol–water partition coefficient (Wildman–Crippen LogP) is 1.92. The van der Waals surface area contributed by atoms with Crippen LogP contribution < -0.4 is 10.6 Å². The fraction of sp³-hybridized carbons (Fsp3) is 0.222. The van der Waals surface area contributed by atoms with Gasteiger partial charge in [-0.3, -0.25) is 10.6 Å². The molecule has 2 aromatic rings. The van der Waals surface area contributed by atoms with Crippen molar-refractivity contribution >= 4 is 17.8 Å². The average Bonchev–Trinajstić information content (AvgIpc) is 2.79. The fourth-order valence-electron chi connectivity index (χ4n) is 1.08. The van der Waals surface area contributed by atoms with Gasteiger partial charge in [0.25, 0.3) is 0 Å². The molecular weight excluding hydrogens is 212 g/mol. The molecule has 7 nitrogen and oxygen atoms in total. The van der Waals surface area contributed by atoms with Gasteiger partial charge >= 0.3 is 6.03 Å². The van der Waals surface area contributed by atoms with Gasteiger partial charge in [0.2, 0.25) is 11.8 Å². The van der Waals surface area contributed by atoms with Crippen LogP contribution in [0.15, 0.2) is 21.6 Å². The first kappa shape index (κ1) is 10.2. The molecule has 0 radical (unpaired) electrons. The Morgan fingerprint density at radius 1 is 1.06 bits per heavy atom. The molecule has 0 atom stereocenters. The Kier molecular flexibility index (Phi) is 2.59. The van der Waals surface area contributed by atoms with Crippen LogP contribution >= 0.6 is 0 Å². The van der Waals surface area contributed by atoms with E-state index in [1.807, 2.05) is 0 Å². The first-order valence-electron chi connectivity index (χ1n) is 4.55. The molecule has 0 saturated heterocycles. The van der Waals surface area contributed by atoms with E-state index in [0.29, 0.717) is 23.2 Å². The van der Waals surface area contributed by atoms with Crippen LogP contribution in [0, 0.1) is 13.8 Å². The number of rotatable bonds is 2. The van der Waals surface area contributed by atoms with E-state index in [1.54, 1.807) is 13.8 Å². The lowest BCUT2D eigenvalue weighted by molar-refractivity contribution is 0.261. The topological polar surface area (TPSA) is 93.2 Å². The van der Waals surface area contributed by atoms with E-state index in [2.05, 4.69) is 20.6 Å². The highest BCUT2D eigenvalue weighted by molar-refractivity contribution is 5.98. The van der Waals surface area contributed by atoms with Crippen molar-refractivity contribution < 1.29 is 13.6 Å². The lowest BCUT2D eigenvalue weighted by Crippen LogP contribution is -2.19. The number of hydrogen-bond donors (Lipinski definition) is 2. The van der Waals surface area contributed by atoms with E-state index in [4.69, 9.17) is 8.83 Å². The number of carbonyl (C=O) groups is 1. The molecule has 2 N–H and O–H groups in total. The van der Waals surface area contributed by atoms with Crippen LogP contribution in [0.2, 0.25) is 0 Å². The standard InChI is InChI=1S/C9H10N4O3/c1-5-7(15-3-10-5)12-9(14)13-8-6(2)11-4-16-8/h3-4H,1-2H3,(H2,12,13,14). The van der Waals surface area contributed by atoms with Crippen LogP contribution in [0.1, 0.15) is 11.4 Å². The van der Waals surface area contributed by atoms with Gasteiger partial charge in [0.15, 0.2) is 12.8 Å². The highest BCUT2D eigenvalue weighted by Gasteiger charge is 2.11. The second-order valence-electron chi connectivity index (χ2n) is 3.11. The second kappa shape index (κ2) is 4.05. The number of urea groups is 1. The number of nitrogens with zero attached hydrogens (tertiary/aromatic N) is 2. The van der Waals surface area contributed by atoms with E-state index in [0.717, 1.165) is 0 Å². The Morgan fingerprint density at radius 2 is 1.50 bits per heavy atom. The maximum atomic E-state index is 11.5. The maximum Gasteiger partial charge on any atom is 0.328 e. The molecule has 0 fully saturated rings. The number of aryl methyl sites for hydroxylation is 2. The minimum absolute atomic E-state index is 0.301. The monoisotopic (exact) mass is 222 g/mol. The Labute approximate surface area is 90.9 Å². The maximum absolute atomic E-state index is 11.5. The molecule has 0 aliphatic carbocycles. The first-order chi connectivity index (χ1) is 7.66. The van der Waals surface area contributed by atoms with Crippen LogP contribution in [0.5, 0.6) is 0 Å². The van der Waals surface area contributed by atoms with Crippen LogP contribution in [0.3, 0.4) is 0 Å². The summed E-state index contributed by atoms with van der Waals surface area (Å²) in [6.45, 7) is 3.44. The summed E-state index contributed by atoms with van der Waals surface area (Å²) in [7, 11) is 0. The molecule has 2 rings (SSSR count). The Balaban J connectivity index is 2.00. The quantitative estimate of drug-likeness (QED) is 0.809. The van der Waals surface area contributed by atoms with E-state index < -0.39 is 6.03 Å². The summed E-state index contributed by atoms with van der Waals surface area (Å²) >= 11 is 0. The number of anilines is 2. The predicted molar refractivity (Wildman–Crippen MR) is 55.1 cm³/mol. The van der Waals surface area contributed by atoms with Crippen molar-refractivity contribution in [1.82, 2.24) is 9.97 Å². The molecule has 0 saturated carbocycles. The molecule has 0 unspecified atom stereocenters. The van der Waals surface area contributed by atoms with Crippen molar-refractivity contribution in [3.8, 4) is 0 Å². The van der Waals surface area contributed by atoms with Crippen LogP contribution in [-0.4, -0.2) is 16.0 Å². The summed E-state index contributed by atoms with van der Waals surface area (Å²) in [6.07, 6.45) is 2.51. The lowest BCUT2D eigenvalue weighted by atomic mass is 10.5. The van der Waals surface area contributed by atoms with E-state index in [-0.39, 0.29) is 0 Å². The molecule has 0 aliphatic rings. The zero-order valence-corrected chi connectivity index (χ0v) is 8.77. The zero-order valence-electron chi connectivity index (χ0n) is 8.77. The summed E-state index contributed by atoms with van der Waals surface area (Å²) in [5.41, 5.74) is 1.20. The Bertz CT molecular complexity index is 458. The smallest absolute Gasteiger partial charge is 0.328 e. The van der Waals surface area contributed by atoms with Gasteiger partial charge in [0.05, 0.1) is 0 Å². The van der Waals surface area contributed by atoms with Gasteiger partial charge in [-0.05, 0) is 13.8 Å². The van der Waals surface area contributed by atoms with Crippen molar-refractivity contribution in [3.05, 3.63) is 24.2 Å². The van der Waals surface area contributed by atoms with E-state index >= 15 is 0 Å². The largest absolute Gasteiger partial charge is 0.427 e. The number of aromatic nitrogens is 2. The van der Waals surface area contributed by atoms with Crippen molar-refractivity contribution in [1.29, 1.82) is 0 Å². The normalized spacial score (nSPS) is 10.1. The third kappa shape index (κ3) is 2.02. The Hall–Kier alpha value is -2.31. The van der Waals surface area contributed by atoms with Gasteiger partial charge < -0.3 is 8.83 Å². The Morgan fingerprint density at radius 3 is 1.81 bits per heavy atom. The minimum Gasteiger partial charge on any atom is -0.427 e. The SMILES string of the molecule is Cc1ncoc1NC(=O)Nc1ocnc1C. The third-order valence-electron chi connectivity index (χ3n) is 1.95. The molecule has 0 aliphatic heterocycles. The molecule has 0 aromatic carbocycles. The third-order valence-corrected chi connectivity index (χ3v) is 1.95. The van der Waals surface area contributed by atoms with Crippen LogP contribution in [-0.2, 0) is 0 Å². The summed E-state index contributed by atoms with van der Waals surface area (Å²) in [6, 6.07) is -0.472. The number of carbonyl (C=O) groups excluding carboxylic acids is 1. The average molecular weight is 222 g/mol. The summed E-state index contributed by atoms with van der Waals surface area (Å²) in [4.78, 5) is 19.2. The first-order valence-corrected chi connectivity index (χ1v) is 4.55. The van der Waals surface area contributed by atoms with Crippen molar-refractivity contribution in [2.75, 3.05) is 10.6 Å². The molecule has 0 spiro atoms. The van der Waals surface area contributed by atoms with Gasteiger partial charge in [-0.2, -0.15) is 0 Å². The van der Waals surface area contributed by atoms with Crippen molar-refractivity contribution in [2.45, 2.75) is 13.8 Å². The zero-order chi connectivity index (χ0) is 11.5. The number of hydrogen-bond acceptors (Lipinski definition) is 5. The van der Waals surface area contributed by atoms with Crippen molar-refractivity contribution in [2.24, 2.45) is 0 Å². The number of nitrogens with one attached hydrogen (secondary N) is 2. The van der Waals surface area contributed by atoms with Gasteiger partial charge in [-0.15, -0.1) is 0 Å². The minimum atomic E-state index is -0.472. The van der Waals surface area contributed by atoms with Crippen LogP contribution in [0.25, 0.3) is 0 Å². The van der Waals surface area contributed by atoms with Crippen molar-refractivity contribution in [3.63, 3.8) is 0 Å². The molecular formula is C9H10N4O3. The second-order valence-corrected chi connectivity index (χ2v) is 3.11. The number of oxazole rings is 2. The van der Waals surface area contributed by atoms with E-state index in [9.17, 15) is 4.79 Å². The highest BCUT2D eigenvalue weighted by Crippen LogP contribution is 2.14. The summed E-state index contributed by atoms with van der Waals surface area (Å²) in [5.74, 6) is 0.601. The van der Waals surface area contributed by atoms with Crippen LogP contribution in [0.4, 0.5) is 16.6 Å². The molecule has 84 valence electrons. The fourth-order valence-corrected chi connectivity index (χ4v) is 1.08. The van der Waals surface area contributed by atoms with Gasteiger partial charge in [-0.25, -0.2) is 14.8 Å².